The molecule has 2 atom stereocenters. The summed E-state index contributed by atoms with van der Waals surface area (Å²) in [6.07, 6.45) is 0.539. The van der Waals surface area contributed by atoms with Gasteiger partial charge in [0.25, 0.3) is 5.91 Å². The lowest BCUT2D eigenvalue weighted by atomic mass is 9.96. The zero-order valence-electron chi connectivity index (χ0n) is 23.3. The van der Waals surface area contributed by atoms with Gasteiger partial charge in [-0.25, -0.2) is 22.7 Å². The number of alkyl halides is 3. The van der Waals surface area contributed by atoms with E-state index in [0.29, 0.717) is 79.7 Å². The van der Waals surface area contributed by atoms with Gasteiger partial charge in [-0.2, -0.15) is 13.2 Å². The number of likely N-dealkylation sites (tertiary alicyclic amines) is 2. The lowest BCUT2D eigenvalue weighted by Gasteiger charge is -2.37. The van der Waals surface area contributed by atoms with Crippen LogP contribution >= 0.6 is 0 Å². The van der Waals surface area contributed by atoms with Gasteiger partial charge in [-0.3, -0.25) is 9.69 Å². The van der Waals surface area contributed by atoms with Crippen molar-refractivity contribution in [2.24, 2.45) is 11.8 Å². The Morgan fingerprint density at radius 1 is 0.976 bits per heavy atom. The molecule has 222 valence electrons. The maximum absolute atomic E-state index is 13.5. The minimum absolute atomic E-state index is 0.150. The minimum Gasteiger partial charge on any atom is -0.352 e. The van der Waals surface area contributed by atoms with Crippen molar-refractivity contribution < 1.29 is 26.4 Å². The quantitative estimate of drug-likeness (QED) is 0.540. The summed E-state index contributed by atoms with van der Waals surface area (Å²) in [4.78, 5) is 28.5. The summed E-state index contributed by atoms with van der Waals surface area (Å²) in [5, 5.41) is 0. The van der Waals surface area contributed by atoms with Crippen LogP contribution in [0.3, 0.4) is 0 Å². The highest BCUT2D eigenvalue weighted by Gasteiger charge is 2.45. The van der Waals surface area contributed by atoms with Gasteiger partial charge in [0.15, 0.2) is 0 Å². The second-order valence-electron chi connectivity index (χ2n) is 11.9. The Bertz CT molecular complexity index is 1430. The van der Waals surface area contributed by atoms with E-state index in [1.807, 2.05) is 9.80 Å². The normalized spacial score (nSPS) is 24.5. The van der Waals surface area contributed by atoms with Crippen LogP contribution in [0.25, 0.3) is 0 Å². The van der Waals surface area contributed by atoms with E-state index >= 15 is 0 Å². The van der Waals surface area contributed by atoms with Crippen molar-refractivity contribution in [3.8, 4) is 0 Å². The Balaban J connectivity index is 1.09. The molecule has 0 saturated carbocycles. The van der Waals surface area contributed by atoms with Gasteiger partial charge in [-0.15, -0.1) is 0 Å². The first-order chi connectivity index (χ1) is 19.4. The van der Waals surface area contributed by atoms with Gasteiger partial charge in [0.05, 0.1) is 11.8 Å². The third-order valence-electron chi connectivity index (χ3n) is 9.32. The van der Waals surface area contributed by atoms with E-state index in [2.05, 4.69) is 14.9 Å². The van der Waals surface area contributed by atoms with Crippen molar-refractivity contribution in [2.75, 3.05) is 57.0 Å². The van der Waals surface area contributed by atoms with Crippen molar-refractivity contribution in [2.45, 2.75) is 44.9 Å². The highest BCUT2D eigenvalue weighted by molar-refractivity contribution is 7.88. The smallest absolute Gasteiger partial charge is 0.352 e. The maximum Gasteiger partial charge on any atom is 0.416 e. The summed E-state index contributed by atoms with van der Waals surface area (Å²) in [5.74, 6) is 1.16. The predicted octanol–water partition coefficient (Wildman–Crippen LogP) is 2.79. The second-order valence-corrected chi connectivity index (χ2v) is 13.9. The van der Waals surface area contributed by atoms with Crippen LogP contribution < -0.4 is 4.90 Å². The average Bonchev–Trinajstić information content (AvgIpc) is 3.52. The number of rotatable bonds is 4. The van der Waals surface area contributed by atoms with E-state index < -0.39 is 21.8 Å². The molecule has 3 fully saturated rings. The second kappa shape index (κ2) is 10.5. The zero-order chi connectivity index (χ0) is 29.1. The fourth-order valence-corrected chi connectivity index (χ4v) is 7.95. The van der Waals surface area contributed by atoms with Gasteiger partial charge in [0.2, 0.25) is 10.0 Å². The maximum atomic E-state index is 13.5. The number of piperidine rings is 1. The Hall–Kier alpha value is -2.77. The summed E-state index contributed by atoms with van der Waals surface area (Å²) in [6, 6.07) is 4.27. The van der Waals surface area contributed by atoms with E-state index in [0.717, 1.165) is 37.6 Å². The molecule has 1 aromatic carbocycles. The largest absolute Gasteiger partial charge is 0.416 e. The van der Waals surface area contributed by atoms with Crippen molar-refractivity contribution in [3.05, 3.63) is 52.5 Å². The van der Waals surface area contributed by atoms with Crippen molar-refractivity contribution in [1.29, 1.82) is 0 Å². The molecule has 2 unspecified atom stereocenters. The van der Waals surface area contributed by atoms with Gasteiger partial charge in [0, 0.05) is 64.0 Å². The van der Waals surface area contributed by atoms with E-state index in [4.69, 9.17) is 0 Å². The van der Waals surface area contributed by atoms with Crippen LogP contribution in [0.2, 0.25) is 0 Å². The molecule has 0 aliphatic carbocycles. The summed E-state index contributed by atoms with van der Waals surface area (Å²) in [7, 11) is -3.15. The topological polar surface area (TPSA) is 90.0 Å². The molecule has 0 N–H and O–H groups in total. The molecule has 0 bridgehead atoms. The first-order valence-electron chi connectivity index (χ1n) is 14.1. The van der Waals surface area contributed by atoms with Gasteiger partial charge in [0.1, 0.15) is 17.8 Å². The minimum atomic E-state index is -4.40. The van der Waals surface area contributed by atoms with Crippen LogP contribution in [-0.2, 0) is 29.2 Å². The number of halogens is 3. The molecule has 1 amide bonds. The van der Waals surface area contributed by atoms with Crippen LogP contribution in [0.15, 0.2) is 24.5 Å². The number of anilines is 1. The Morgan fingerprint density at radius 3 is 2.29 bits per heavy atom. The third kappa shape index (κ3) is 5.55. The van der Waals surface area contributed by atoms with Crippen LogP contribution in [0.5, 0.6) is 0 Å². The molecule has 4 aliphatic heterocycles. The summed E-state index contributed by atoms with van der Waals surface area (Å²) >= 11 is 0. The number of hydrogen-bond acceptors (Lipinski definition) is 7. The zero-order valence-corrected chi connectivity index (χ0v) is 24.1. The first-order valence-corrected chi connectivity index (χ1v) is 16.0. The molecule has 0 radical (unpaired) electrons. The number of sulfonamides is 1. The highest BCUT2D eigenvalue weighted by Crippen LogP contribution is 2.36. The summed E-state index contributed by atoms with van der Waals surface area (Å²) in [6.45, 7) is 6.89. The van der Waals surface area contributed by atoms with Crippen molar-refractivity contribution >= 4 is 21.7 Å². The lowest BCUT2D eigenvalue weighted by Crippen LogP contribution is -2.47. The molecule has 0 spiro atoms. The Labute approximate surface area is 238 Å². The molecule has 41 heavy (non-hydrogen) atoms. The molecule has 6 rings (SSSR count). The molecular formula is C28H35F3N6O3S. The van der Waals surface area contributed by atoms with Gasteiger partial charge in [-0.05, 0) is 61.3 Å². The predicted molar refractivity (Wildman–Crippen MR) is 147 cm³/mol. The van der Waals surface area contributed by atoms with Gasteiger partial charge >= 0.3 is 6.18 Å². The lowest BCUT2D eigenvalue weighted by molar-refractivity contribution is -0.137. The average molecular weight is 593 g/mol. The summed E-state index contributed by atoms with van der Waals surface area (Å²) < 4.78 is 65.3. The van der Waals surface area contributed by atoms with Gasteiger partial charge in [-0.1, -0.05) is 6.07 Å². The highest BCUT2D eigenvalue weighted by atomic mass is 32.2. The number of nitrogens with zero attached hydrogens (tertiary/aromatic N) is 6. The fourth-order valence-electron chi connectivity index (χ4n) is 7.03. The number of carbonyl (C=O) groups excluding carboxylic acids is 1. The van der Waals surface area contributed by atoms with E-state index in [9.17, 15) is 26.4 Å². The molecule has 5 heterocycles. The number of hydrogen-bond donors (Lipinski definition) is 0. The number of fused-ring (bicyclic) bond motifs is 2. The number of aromatic nitrogens is 2. The first kappa shape index (κ1) is 28.4. The van der Waals surface area contributed by atoms with Crippen molar-refractivity contribution in [3.63, 3.8) is 0 Å². The molecule has 4 aliphatic rings. The number of benzene rings is 1. The van der Waals surface area contributed by atoms with E-state index in [-0.39, 0.29) is 12.5 Å². The van der Waals surface area contributed by atoms with Crippen LogP contribution in [0.4, 0.5) is 19.0 Å². The van der Waals surface area contributed by atoms with Crippen LogP contribution in [0, 0.1) is 18.8 Å². The van der Waals surface area contributed by atoms with Crippen LogP contribution in [-0.4, -0.2) is 96.5 Å². The Kier molecular flexibility index (Phi) is 7.26. The van der Waals surface area contributed by atoms with E-state index in [1.165, 1.54) is 18.6 Å². The number of amides is 1. The molecule has 1 aromatic heterocycles. The van der Waals surface area contributed by atoms with E-state index in [1.54, 1.807) is 17.3 Å². The molecule has 2 aromatic rings. The van der Waals surface area contributed by atoms with Crippen LogP contribution in [0.1, 0.15) is 45.6 Å². The van der Waals surface area contributed by atoms with Gasteiger partial charge < -0.3 is 9.80 Å². The number of carbonyl (C=O) groups is 1. The van der Waals surface area contributed by atoms with Crippen molar-refractivity contribution in [1.82, 2.24) is 24.1 Å². The fraction of sp³-hybridized carbons (Fsp3) is 0.607. The molecule has 13 heteroatoms. The molecular weight excluding hydrogens is 557 g/mol. The third-order valence-corrected chi connectivity index (χ3v) is 10.6. The summed E-state index contributed by atoms with van der Waals surface area (Å²) in [5.41, 5.74) is 1.83. The molecule has 3 saturated heterocycles. The standard InChI is InChI=1S/C28H35F3N6O3S/c1-18-25(32-17-33-26(18)35-8-5-19-3-4-23(28(29,30)31)11-20(19)12-35)27(38)34-9-6-24(7-10-34)36-13-21-15-37(41(2,39)40)16-22(21)14-36/h3-4,11,17,21-22,24H,5-10,12-16H2,1-2H3. The monoisotopic (exact) mass is 592 g/mol. The Morgan fingerprint density at radius 2 is 1.66 bits per heavy atom. The molecule has 9 nitrogen and oxygen atoms in total. The SMILES string of the molecule is Cc1c(C(=O)N2CCC(N3CC4CN(S(C)(=O)=O)CC4C3)CC2)ncnc1N1CCc2ccc(C(F)(F)F)cc2C1.